The number of carbonyl (C=O) groups is 2. The number of fused-ring (bicyclic) bond motifs is 2. The maximum atomic E-state index is 13.2. The quantitative estimate of drug-likeness (QED) is 0.641. The zero-order valence-corrected chi connectivity index (χ0v) is 18.5. The number of aliphatic hydroxyl groups excluding tert-OH is 2. The lowest BCUT2D eigenvalue weighted by molar-refractivity contribution is -0.184. The molecule has 3 heterocycles. The van der Waals surface area contributed by atoms with Crippen molar-refractivity contribution in [3.8, 4) is 0 Å². The van der Waals surface area contributed by atoms with Gasteiger partial charge in [0.25, 0.3) is 0 Å². The molecule has 170 valence electrons. The monoisotopic (exact) mass is 431 g/mol. The lowest BCUT2D eigenvalue weighted by atomic mass is 9.53. The minimum absolute atomic E-state index is 0.0450. The van der Waals surface area contributed by atoms with Crippen molar-refractivity contribution in [1.29, 1.82) is 0 Å². The van der Waals surface area contributed by atoms with Gasteiger partial charge >= 0.3 is 11.9 Å². The number of carbonyl (C=O) groups excluding carboxylic acids is 2. The van der Waals surface area contributed by atoms with Crippen molar-refractivity contribution in [2.45, 2.75) is 94.2 Å². The second kappa shape index (κ2) is 6.33. The summed E-state index contributed by atoms with van der Waals surface area (Å²) in [6.45, 7) is 3.72. The summed E-state index contributed by atoms with van der Waals surface area (Å²) < 4.78 is 11.4. The summed E-state index contributed by atoms with van der Waals surface area (Å²) in [7, 11) is 1.34. The van der Waals surface area contributed by atoms with Crippen LogP contribution in [0, 0.1) is 23.7 Å². The van der Waals surface area contributed by atoms with Gasteiger partial charge in [0.1, 0.15) is 5.60 Å². The van der Waals surface area contributed by atoms with Gasteiger partial charge in [0, 0.05) is 36.4 Å². The molecule has 6 aliphatic rings. The Balaban J connectivity index is 1.69. The molecule has 7 nitrogen and oxygen atoms in total. The van der Waals surface area contributed by atoms with Crippen molar-refractivity contribution in [2.75, 3.05) is 7.11 Å². The number of hydrogen-bond acceptors (Lipinski definition) is 7. The summed E-state index contributed by atoms with van der Waals surface area (Å²) in [6.07, 6.45) is 4.42. The molecule has 0 aromatic carbocycles. The molecule has 0 radical (unpaired) electrons. The first kappa shape index (κ1) is 20.2. The summed E-state index contributed by atoms with van der Waals surface area (Å²) in [4.78, 5) is 28.2. The van der Waals surface area contributed by atoms with Gasteiger partial charge in [-0.05, 0) is 57.3 Å². The maximum Gasteiger partial charge on any atom is 0.336 e. The third kappa shape index (κ3) is 2.12. The molecule has 7 heteroatoms. The van der Waals surface area contributed by atoms with Gasteiger partial charge in [-0.3, -0.25) is 9.69 Å². The predicted octanol–water partition coefficient (Wildman–Crippen LogP) is 1.55. The Morgan fingerprint density at radius 2 is 1.90 bits per heavy atom. The lowest BCUT2D eigenvalue weighted by Gasteiger charge is -2.65. The van der Waals surface area contributed by atoms with Gasteiger partial charge in [0.2, 0.25) is 0 Å². The fraction of sp³-hybridized carbons (Fsp3) is 0.833. The molecule has 6 rings (SSSR count). The second-order valence-corrected chi connectivity index (χ2v) is 10.9. The van der Waals surface area contributed by atoms with E-state index in [4.69, 9.17) is 9.47 Å². The Morgan fingerprint density at radius 1 is 1.13 bits per heavy atom. The highest BCUT2D eigenvalue weighted by Crippen LogP contribution is 2.75. The van der Waals surface area contributed by atoms with Crippen molar-refractivity contribution in [3.63, 3.8) is 0 Å². The fourth-order valence-electron chi connectivity index (χ4n) is 9.50. The Bertz CT molecular complexity index is 885. The van der Waals surface area contributed by atoms with Crippen LogP contribution in [0.5, 0.6) is 0 Å². The van der Waals surface area contributed by atoms with Crippen LogP contribution < -0.4 is 0 Å². The maximum absolute atomic E-state index is 13.2. The molecule has 1 spiro atoms. The van der Waals surface area contributed by atoms with Gasteiger partial charge in [0.15, 0.2) is 0 Å². The molecule has 0 aromatic heterocycles. The van der Waals surface area contributed by atoms with E-state index < -0.39 is 35.2 Å². The van der Waals surface area contributed by atoms with Gasteiger partial charge in [-0.15, -0.1) is 0 Å². The van der Waals surface area contributed by atoms with Crippen LogP contribution in [0.4, 0.5) is 0 Å². The van der Waals surface area contributed by atoms with Crippen molar-refractivity contribution in [3.05, 3.63) is 11.1 Å². The van der Waals surface area contributed by atoms with E-state index in [1.807, 2.05) is 0 Å². The van der Waals surface area contributed by atoms with E-state index in [0.29, 0.717) is 24.9 Å². The smallest absolute Gasteiger partial charge is 0.336 e. The first-order valence-electron chi connectivity index (χ1n) is 12.0. The Labute approximate surface area is 182 Å². The summed E-state index contributed by atoms with van der Waals surface area (Å²) in [5, 5.41) is 22.6. The first-order valence-corrected chi connectivity index (χ1v) is 12.0. The van der Waals surface area contributed by atoms with Crippen LogP contribution in [0.3, 0.4) is 0 Å². The molecule has 5 fully saturated rings. The number of methoxy groups -OCH3 is 1. The molecular formula is C24H33NO6. The van der Waals surface area contributed by atoms with E-state index in [1.165, 1.54) is 14.0 Å². The molecule has 0 amide bonds. The van der Waals surface area contributed by atoms with Crippen molar-refractivity contribution in [1.82, 2.24) is 4.90 Å². The minimum Gasteiger partial charge on any atom is -0.466 e. The van der Waals surface area contributed by atoms with Crippen LogP contribution in [0.15, 0.2) is 11.1 Å². The van der Waals surface area contributed by atoms with Crippen molar-refractivity contribution in [2.24, 2.45) is 23.7 Å². The molecule has 11 unspecified atom stereocenters. The average molecular weight is 432 g/mol. The minimum atomic E-state index is -1.10. The average Bonchev–Trinajstić information content (AvgIpc) is 3.12. The molecule has 3 saturated heterocycles. The molecule has 2 saturated carbocycles. The molecule has 3 aliphatic heterocycles. The Hall–Kier alpha value is -1.44. The number of esters is 2. The molecule has 5 bridgehead atoms. The zero-order chi connectivity index (χ0) is 21.9. The SMILES string of the molecule is COC(=O)C1=C2C3(OC(C)=O)CC4CC5C3CCC(C)N5C24C2CCCC(O)C2C1O. The number of aliphatic hydroxyl groups is 2. The van der Waals surface area contributed by atoms with Crippen LogP contribution in [-0.4, -0.2) is 69.6 Å². The normalized spacial score (nSPS) is 53.8. The first-order chi connectivity index (χ1) is 14.8. The lowest BCUT2D eigenvalue weighted by Crippen LogP contribution is -2.73. The van der Waals surface area contributed by atoms with Gasteiger partial charge in [-0.2, -0.15) is 0 Å². The number of nitrogens with zero attached hydrogens (tertiary/aromatic N) is 1. The Kier molecular flexibility index (Phi) is 4.12. The standard InChI is InChI=1S/C24H33NO6/c1-11-7-8-14-16-9-13-10-23(14,31-12(2)26)21-19(22(29)30-3)20(28)18-15(5-4-6-17(18)27)24(13,21)25(11)16/h11,13-18,20,27-28H,4-10H2,1-3H3. The number of ether oxygens (including phenoxy) is 2. The van der Waals surface area contributed by atoms with E-state index in [2.05, 4.69) is 11.8 Å². The topological polar surface area (TPSA) is 96.3 Å². The highest BCUT2D eigenvalue weighted by Gasteiger charge is 2.82. The van der Waals surface area contributed by atoms with E-state index in [-0.39, 0.29) is 29.3 Å². The van der Waals surface area contributed by atoms with Gasteiger partial charge in [-0.1, -0.05) is 6.42 Å². The second-order valence-electron chi connectivity index (χ2n) is 10.9. The van der Waals surface area contributed by atoms with Crippen LogP contribution in [0.25, 0.3) is 0 Å². The third-order valence-electron chi connectivity index (χ3n) is 9.89. The highest BCUT2D eigenvalue weighted by molar-refractivity contribution is 5.93. The zero-order valence-electron chi connectivity index (χ0n) is 18.5. The van der Waals surface area contributed by atoms with E-state index >= 15 is 0 Å². The molecule has 0 aromatic rings. The van der Waals surface area contributed by atoms with Crippen molar-refractivity contribution >= 4 is 11.9 Å². The van der Waals surface area contributed by atoms with Crippen molar-refractivity contribution < 1.29 is 29.3 Å². The molecule has 2 N–H and O–H groups in total. The van der Waals surface area contributed by atoms with Crippen LogP contribution in [0.2, 0.25) is 0 Å². The fourth-order valence-corrected chi connectivity index (χ4v) is 9.50. The summed E-state index contributed by atoms with van der Waals surface area (Å²) in [5.74, 6) is -0.845. The predicted molar refractivity (Wildman–Crippen MR) is 110 cm³/mol. The summed E-state index contributed by atoms with van der Waals surface area (Å²) >= 11 is 0. The van der Waals surface area contributed by atoms with E-state index in [1.54, 1.807) is 0 Å². The molecule has 3 aliphatic carbocycles. The molecular weight excluding hydrogens is 398 g/mol. The highest BCUT2D eigenvalue weighted by atomic mass is 16.6. The number of piperidine rings is 2. The largest absolute Gasteiger partial charge is 0.466 e. The summed E-state index contributed by atoms with van der Waals surface area (Å²) in [6, 6.07) is 0.669. The van der Waals surface area contributed by atoms with Crippen LogP contribution in [0.1, 0.15) is 58.8 Å². The van der Waals surface area contributed by atoms with Crippen LogP contribution >= 0.6 is 0 Å². The number of rotatable bonds is 2. The van der Waals surface area contributed by atoms with Gasteiger partial charge in [0.05, 0.1) is 30.4 Å². The van der Waals surface area contributed by atoms with E-state index in [0.717, 1.165) is 37.7 Å². The Morgan fingerprint density at radius 3 is 2.61 bits per heavy atom. The van der Waals surface area contributed by atoms with E-state index in [9.17, 15) is 19.8 Å². The van der Waals surface area contributed by atoms with Gasteiger partial charge < -0.3 is 19.7 Å². The summed E-state index contributed by atoms with van der Waals surface area (Å²) in [5.41, 5.74) is -0.183. The van der Waals surface area contributed by atoms with Gasteiger partial charge in [-0.25, -0.2) is 4.79 Å². The van der Waals surface area contributed by atoms with Crippen LogP contribution in [-0.2, 0) is 19.1 Å². The number of hydrogen-bond donors (Lipinski definition) is 2. The molecule has 11 atom stereocenters. The third-order valence-corrected chi connectivity index (χ3v) is 9.89. The molecule has 31 heavy (non-hydrogen) atoms.